The third-order valence-corrected chi connectivity index (χ3v) is 4.81. The van der Waals surface area contributed by atoms with Crippen LogP contribution in [0.3, 0.4) is 0 Å². The molecule has 1 atom stereocenters. The van der Waals surface area contributed by atoms with Gasteiger partial charge in [-0.05, 0) is 29.8 Å². The van der Waals surface area contributed by atoms with Gasteiger partial charge in [-0.3, -0.25) is 15.3 Å². The van der Waals surface area contributed by atoms with Crippen molar-refractivity contribution < 1.29 is 38.9 Å². The van der Waals surface area contributed by atoms with E-state index in [4.69, 9.17) is 29.3 Å². The van der Waals surface area contributed by atoms with Crippen molar-refractivity contribution in [3.05, 3.63) is 60.2 Å². The molecule has 0 spiro atoms. The number of hydrogen-bond acceptors (Lipinski definition) is 8. The van der Waals surface area contributed by atoms with Crippen LogP contribution in [0.1, 0.15) is 25.5 Å². The third kappa shape index (κ3) is 6.37. The summed E-state index contributed by atoms with van der Waals surface area (Å²) >= 11 is 0. The molecule has 1 aliphatic heterocycles. The standard InChI is InChI=1S/C23H26N2O8/c1-23(2,9-8-20(27)25-29)21(15-4-3-5-17(12-15)30-11-10-26)33-22(28)24-16-6-7-18-19(13-16)32-14-31-18/h3-9,12-13,21,26,29H,10-11,14H2,1-2H3,(H,24,28)(H,25,27)/b9-8+/t21-/m0/s1. The lowest BCUT2D eigenvalue weighted by molar-refractivity contribution is -0.124. The number of carbonyl (C=O) groups is 2. The lowest BCUT2D eigenvalue weighted by Gasteiger charge is -2.32. The summed E-state index contributed by atoms with van der Waals surface area (Å²) in [6, 6.07) is 11.8. The summed E-state index contributed by atoms with van der Waals surface area (Å²) in [5, 5.41) is 20.5. The molecule has 0 bridgehead atoms. The maximum absolute atomic E-state index is 12.8. The SMILES string of the molecule is CC(C)(/C=C/C(=O)NO)[C@@H](OC(=O)Nc1ccc2c(c1)OCO2)c1cccc(OCCO)c1. The van der Waals surface area contributed by atoms with Gasteiger partial charge in [-0.1, -0.05) is 32.1 Å². The lowest BCUT2D eigenvalue weighted by atomic mass is 9.82. The molecule has 0 aromatic heterocycles. The smallest absolute Gasteiger partial charge is 0.412 e. The highest BCUT2D eigenvalue weighted by molar-refractivity contribution is 5.87. The summed E-state index contributed by atoms with van der Waals surface area (Å²) < 4.78 is 21.8. The average Bonchev–Trinajstić information content (AvgIpc) is 3.27. The Labute approximate surface area is 190 Å². The largest absolute Gasteiger partial charge is 0.491 e. The molecule has 2 aromatic carbocycles. The van der Waals surface area contributed by atoms with E-state index in [1.165, 1.54) is 11.6 Å². The first-order chi connectivity index (χ1) is 15.8. The molecule has 0 saturated carbocycles. The Balaban J connectivity index is 1.84. The number of carbonyl (C=O) groups excluding carboxylic acids is 2. The molecule has 0 fully saturated rings. The second-order valence-electron chi connectivity index (χ2n) is 7.75. The molecule has 0 saturated heterocycles. The highest BCUT2D eigenvalue weighted by Gasteiger charge is 2.33. The molecular formula is C23H26N2O8. The highest BCUT2D eigenvalue weighted by atomic mass is 16.7. The zero-order valence-corrected chi connectivity index (χ0v) is 18.2. The number of aliphatic hydroxyl groups excluding tert-OH is 1. The molecule has 4 N–H and O–H groups in total. The van der Waals surface area contributed by atoms with Crippen molar-refractivity contribution in [2.45, 2.75) is 20.0 Å². The maximum atomic E-state index is 12.8. The highest BCUT2D eigenvalue weighted by Crippen LogP contribution is 2.40. The van der Waals surface area contributed by atoms with Gasteiger partial charge in [0.1, 0.15) is 18.5 Å². The zero-order valence-electron chi connectivity index (χ0n) is 18.2. The van der Waals surface area contributed by atoms with Gasteiger partial charge in [0.25, 0.3) is 5.91 Å². The summed E-state index contributed by atoms with van der Waals surface area (Å²) in [7, 11) is 0. The fourth-order valence-electron chi connectivity index (χ4n) is 3.22. The Morgan fingerprint density at radius 1 is 1.18 bits per heavy atom. The van der Waals surface area contributed by atoms with Gasteiger partial charge in [0.05, 0.1) is 6.61 Å². The van der Waals surface area contributed by atoms with E-state index in [9.17, 15) is 9.59 Å². The molecule has 1 heterocycles. The first kappa shape index (κ1) is 23.9. The van der Waals surface area contributed by atoms with Gasteiger partial charge in [-0.2, -0.15) is 0 Å². The molecule has 2 amide bonds. The van der Waals surface area contributed by atoms with Crippen molar-refractivity contribution in [3.63, 3.8) is 0 Å². The van der Waals surface area contributed by atoms with Crippen molar-refractivity contribution in [3.8, 4) is 17.2 Å². The van der Waals surface area contributed by atoms with Gasteiger partial charge in [0.2, 0.25) is 6.79 Å². The third-order valence-electron chi connectivity index (χ3n) is 4.81. The number of benzene rings is 2. The molecular weight excluding hydrogens is 432 g/mol. The van der Waals surface area contributed by atoms with Crippen LogP contribution in [0.5, 0.6) is 17.2 Å². The van der Waals surface area contributed by atoms with E-state index in [1.54, 1.807) is 56.3 Å². The van der Waals surface area contributed by atoms with E-state index >= 15 is 0 Å². The number of hydroxylamine groups is 1. The van der Waals surface area contributed by atoms with E-state index in [1.807, 2.05) is 0 Å². The molecule has 10 nitrogen and oxygen atoms in total. The quantitative estimate of drug-likeness (QED) is 0.256. The lowest BCUT2D eigenvalue weighted by Crippen LogP contribution is -2.28. The van der Waals surface area contributed by atoms with Crippen LogP contribution in [0, 0.1) is 5.41 Å². The van der Waals surface area contributed by atoms with Crippen LogP contribution in [0.4, 0.5) is 10.5 Å². The zero-order chi connectivity index (χ0) is 23.8. The molecule has 2 aromatic rings. The molecule has 33 heavy (non-hydrogen) atoms. The number of hydrogen-bond donors (Lipinski definition) is 4. The number of aliphatic hydroxyl groups is 1. The number of fused-ring (bicyclic) bond motifs is 1. The van der Waals surface area contributed by atoms with Crippen molar-refractivity contribution in [1.82, 2.24) is 5.48 Å². The van der Waals surface area contributed by atoms with Crippen molar-refractivity contribution >= 4 is 17.7 Å². The molecule has 3 rings (SSSR count). The molecule has 0 radical (unpaired) electrons. The molecule has 176 valence electrons. The van der Waals surface area contributed by atoms with Gasteiger partial charge in [-0.25, -0.2) is 10.3 Å². The summed E-state index contributed by atoms with van der Waals surface area (Å²) in [4.78, 5) is 24.3. The number of anilines is 1. The van der Waals surface area contributed by atoms with E-state index in [0.29, 0.717) is 28.5 Å². The first-order valence-electron chi connectivity index (χ1n) is 10.2. The van der Waals surface area contributed by atoms with Crippen LogP contribution in [0.15, 0.2) is 54.6 Å². The average molecular weight is 458 g/mol. The van der Waals surface area contributed by atoms with Crippen LogP contribution >= 0.6 is 0 Å². The predicted molar refractivity (Wildman–Crippen MR) is 117 cm³/mol. The minimum Gasteiger partial charge on any atom is -0.491 e. The normalized spacial score (nSPS) is 13.5. The van der Waals surface area contributed by atoms with Crippen LogP contribution in [0.2, 0.25) is 0 Å². The predicted octanol–water partition coefficient (Wildman–Crippen LogP) is 3.16. The molecule has 10 heteroatoms. The van der Waals surface area contributed by atoms with Gasteiger partial charge in [0, 0.05) is 23.2 Å². The van der Waals surface area contributed by atoms with E-state index in [0.717, 1.165) is 6.08 Å². The monoisotopic (exact) mass is 458 g/mol. The van der Waals surface area contributed by atoms with Crippen LogP contribution in [-0.4, -0.2) is 42.3 Å². The van der Waals surface area contributed by atoms with E-state index in [2.05, 4.69) is 5.32 Å². The minimum atomic E-state index is -0.867. The molecule has 0 aliphatic carbocycles. The van der Waals surface area contributed by atoms with E-state index < -0.39 is 23.5 Å². The number of nitrogens with one attached hydrogen (secondary N) is 2. The van der Waals surface area contributed by atoms with Gasteiger partial charge < -0.3 is 24.1 Å². The Bertz CT molecular complexity index is 1020. The number of ether oxygens (including phenoxy) is 4. The van der Waals surface area contributed by atoms with Crippen molar-refractivity contribution in [2.75, 3.05) is 25.3 Å². The van der Waals surface area contributed by atoms with Crippen LogP contribution < -0.4 is 25.0 Å². The first-order valence-corrected chi connectivity index (χ1v) is 10.2. The summed E-state index contributed by atoms with van der Waals surface area (Å²) in [5.74, 6) is 0.863. The fraction of sp³-hybridized carbons (Fsp3) is 0.304. The Hall–Kier alpha value is -3.76. The van der Waals surface area contributed by atoms with Crippen molar-refractivity contribution in [2.24, 2.45) is 5.41 Å². The summed E-state index contributed by atoms with van der Waals surface area (Å²) in [5.41, 5.74) is 1.72. The number of amides is 2. The van der Waals surface area contributed by atoms with Crippen molar-refractivity contribution in [1.29, 1.82) is 0 Å². The molecule has 0 unspecified atom stereocenters. The number of rotatable bonds is 9. The Kier molecular flexibility index (Phi) is 7.75. The fourth-order valence-corrected chi connectivity index (χ4v) is 3.22. The minimum absolute atomic E-state index is 0.111. The Morgan fingerprint density at radius 3 is 2.73 bits per heavy atom. The topological polar surface area (TPSA) is 136 Å². The molecule has 1 aliphatic rings. The maximum Gasteiger partial charge on any atom is 0.412 e. The second-order valence-corrected chi connectivity index (χ2v) is 7.75. The second kappa shape index (κ2) is 10.7. The summed E-state index contributed by atoms with van der Waals surface area (Å²) in [6.07, 6.45) is 1.11. The van der Waals surface area contributed by atoms with Gasteiger partial charge >= 0.3 is 6.09 Å². The van der Waals surface area contributed by atoms with Gasteiger partial charge in [-0.15, -0.1) is 0 Å². The van der Waals surface area contributed by atoms with Crippen LogP contribution in [0.25, 0.3) is 0 Å². The van der Waals surface area contributed by atoms with Crippen LogP contribution in [-0.2, 0) is 9.53 Å². The Morgan fingerprint density at radius 2 is 1.97 bits per heavy atom. The summed E-state index contributed by atoms with van der Waals surface area (Å²) in [6.45, 7) is 3.62. The van der Waals surface area contributed by atoms with Gasteiger partial charge in [0.15, 0.2) is 11.5 Å². The van der Waals surface area contributed by atoms with E-state index in [-0.39, 0.29) is 20.0 Å².